The number of nitrogens with one attached hydrogen (secondary N) is 1. The molecule has 158 valence electrons. The van der Waals surface area contributed by atoms with Gasteiger partial charge in [0.2, 0.25) is 0 Å². The molecule has 2 aromatic heterocycles. The zero-order valence-electron chi connectivity index (χ0n) is 17.0. The van der Waals surface area contributed by atoms with Crippen molar-refractivity contribution < 1.29 is 23.4 Å². The van der Waals surface area contributed by atoms with Crippen molar-refractivity contribution in [1.29, 1.82) is 0 Å². The van der Waals surface area contributed by atoms with Crippen LogP contribution in [0.3, 0.4) is 0 Å². The summed E-state index contributed by atoms with van der Waals surface area (Å²) < 4.78 is 32.7. The van der Waals surface area contributed by atoms with Crippen molar-refractivity contribution in [3.05, 3.63) is 66.6 Å². The molecule has 4 aromatic rings. The number of pyridine rings is 1. The zero-order chi connectivity index (χ0) is 22.0. The molecule has 2 heterocycles. The second-order valence-electron chi connectivity index (χ2n) is 6.60. The number of nitrogens with zero attached hydrogens (tertiary/aromatic N) is 3. The molecule has 1 amide bonds. The molecule has 0 spiro atoms. The summed E-state index contributed by atoms with van der Waals surface area (Å²) in [5.74, 6) is 0.560. The summed E-state index contributed by atoms with van der Waals surface area (Å²) in [7, 11) is 4.76. The van der Waals surface area contributed by atoms with Gasteiger partial charge in [-0.2, -0.15) is 0 Å². The highest BCUT2D eigenvalue weighted by Gasteiger charge is 2.15. The van der Waals surface area contributed by atoms with Crippen molar-refractivity contribution in [2.45, 2.75) is 0 Å². The Kier molecular flexibility index (Phi) is 5.40. The number of aryl methyl sites for hydroxylation is 1. The van der Waals surface area contributed by atoms with Crippen LogP contribution >= 0.6 is 0 Å². The zero-order valence-corrected chi connectivity index (χ0v) is 17.0. The molecule has 0 aliphatic rings. The number of aromatic nitrogens is 3. The van der Waals surface area contributed by atoms with Gasteiger partial charge in [-0.1, -0.05) is 0 Å². The standard InChI is InChI=1S/C22H19FN4O4/c1-27-9-8-25-21(27)22(28)26-13-4-5-18(15(23)10-13)31-17-6-7-24-16-12-20(30-3)19(29-2)11-14(16)17/h4-12H,1-3H3,(H,26,28). The Balaban J connectivity index is 1.60. The van der Waals surface area contributed by atoms with Gasteiger partial charge in [0.15, 0.2) is 28.9 Å². The fourth-order valence-corrected chi connectivity index (χ4v) is 3.09. The summed E-state index contributed by atoms with van der Waals surface area (Å²) in [6.07, 6.45) is 4.72. The Morgan fingerprint density at radius 3 is 2.42 bits per heavy atom. The highest BCUT2D eigenvalue weighted by Crippen LogP contribution is 2.37. The summed E-state index contributed by atoms with van der Waals surface area (Å²) in [4.78, 5) is 20.5. The summed E-state index contributed by atoms with van der Waals surface area (Å²) >= 11 is 0. The molecule has 1 N–H and O–H groups in total. The molecule has 0 atom stereocenters. The molecular weight excluding hydrogens is 403 g/mol. The van der Waals surface area contributed by atoms with Crippen molar-refractivity contribution in [3.63, 3.8) is 0 Å². The van der Waals surface area contributed by atoms with Crippen LogP contribution in [0, 0.1) is 5.82 Å². The third-order valence-corrected chi connectivity index (χ3v) is 4.64. The Morgan fingerprint density at radius 2 is 1.74 bits per heavy atom. The fourth-order valence-electron chi connectivity index (χ4n) is 3.09. The predicted octanol–water partition coefficient (Wildman–Crippen LogP) is 4.17. The monoisotopic (exact) mass is 422 g/mol. The van der Waals surface area contributed by atoms with E-state index in [0.717, 1.165) is 0 Å². The van der Waals surface area contributed by atoms with E-state index >= 15 is 0 Å². The third-order valence-electron chi connectivity index (χ3n) is 4.64. The number of ether oxygens (including phenoxy) is 3. The first-order chi connectivity index (χ1) is 15.0. The van der Waals surface area contributed by atoms with Crippen molar-refractivity contribution >= 4 is 22.5 Å². The van der Waals surface area contributed by atoms with E-state index in [2.05, 4.69) is 15.3 Å². The maximum Gasteiger partial charge on any atom is 0.291 e. The second-order valence-corrected chi connectivity index (χ2v) is 6.60. The summed E-state index contributed by atoms with van der Waals surface area (Å²) in [6.45, 7) is 0. The van der Waals surface area contributed by atoms with Gasteiger partial charge in [-0.3, -0.25) is 9.78 Å². The summed E-state index contributed by atoms with van der Waals surface area (Å²) in [6, 6.07) is 9.24. The first kappa shape index (κ1) is 20.1. The van der Waals surface area contributed by atoms with E-state index in [0.29, 0.717) is 28.2 Å². The Bertz CT molecular complexity index is 1270. The minimum atomic E-state index is -0.636. The average molecular weight is 422 g/mol. The van der Waals surface area contributed by atoms with Gasteiger partial charge in [0, 0.05) is 48.8 Å². The van der Waals surface area contributed by atoms with Crippen molar-refractivity contribution in [2.24, 2.45) is 7.05 Å². The minimum absolute atomic E-state index is 0.00252. The van der Waals surface area contributed by atoms with Gasteiger partial charge in [-0.05, 0) is 24.3 Å². The lowest BCUT2D eigenvalue weighted by Gasteiger charge is -2.13. The maximum absolute atomic E-state index is 14.7. The summed E-state index contributed by atoms with van der Waals surface area (Å²) in [5.41, 5.74) is 0.887. The van der Waals surface area contributed by atoms with E-state index in [1.54, 1.807) is 48.3 Å². The van der Waals surface area contributed by atoms with E-state index in [9.17, 15) is 9.18 Å². The molecule has 2 aromatic carbocycles. The highest BCUT2D eigenvalue weighted by molar-refractivity contribution is 6.01. The summed E-state index contributed by atoms with van der Waals surface area (Å²) in [5, 5.41) is 3.25. The molecule has 0 unspecified atom stereocenters. The second kappa shape index (κ2) is 8.31. The molecule has 0 bridgehead atoms. The van der Waals surface area contributed by atoms with E-state index < -0.39 is 11.7 Å². The number of benzene rings is 2. The van der Waals surface area contributed by atoms with Crippen LogP contribution in [0.4, 0.5) is 10.1 Å². The molecule has 0 aliphatic carbocycles. The number of hydrogen-bond acceptors (Lipinski definition) is 6. The number of carbonyl (C=O) groups is 1. The number of anilines is 1. The van der Waals surface area contributed by atoms with Gasteiger partial charge in [-0.15, -0.1) is 0 Å². The van der Waals surface area contributed by atoms with Gasteiger partial charge in [-0.25, -0.2) is 9.37 Å². The van der Waals surface area contributed by atoms with Crippen LogP contribution in [-0.2, 0) is 7.05 Å². The number of halogens is 1. The van der Waals surface area contributed by atoms with E-state index in [4.69, 9.17) is 14.2 Å². The number of amides is 1. The fraction of sp³-hybridized carbons (Fsp3) is 0.136. The molecule has 0 saturated heterocycles. The normalized spacial score (nSPS) is 10.7. The molecular formula is C22H19FN4O4. The Morgan fingerprint density at radius 1 is 0.968 bits per heavy atom. The van der Waals surface area contributed by atoms with Crippen molar-refractivity contribution in [3.8, 4) is 23.0 Å². The Labute approximate surface area is 177 Å². The minimum Gasteiger partial charge on any atom is -0.493 e. The highest BCUT2D eigenvalue weighted by atomic mass is 19.1. The largest absolute Gasteiger partial charge is 0.493 e. The van der Waals surface area contributed by atoms with Crippen molar-refractivity contribution in [2.75, 3.05) is 19.5 Å². The lowest BCUT2D eigenvalue weighted by atomic mass is 10.2. The van der Waals surface area contributed by atoms with Crippen LogP contribution in [0.2, 0.25) is 0 Å². The lowest BCUT2D eigenvalue weighted by Crippen LogP contribution is -2.16. The van der Waals surface area contributed by atoms with Gasteiger partial charge in [0.25, 0.3) is 5.91 Å². The molecule has 0 aliphatic heterocycles. The molecule has 0 fully saturated rings. The smallest absolute Gasteiger partial charge is 0.291 e. The van der Waals surface area contributed by atoms with Crippen LogP contribution in [0.15, 0.2) is 55.0 Å². The average Bonchev–Trinajstić information content (AvgIpc) is 3.20. The number of rotatable bonds is 6. The first-order valence-corrected chi connectivity index (χ1v) is 9.27. The number of methoxy groups -OCH3 is 2. The van der Waals surface area contributed by atoms with Crippen molar-refractivity contribution in [1.82, 2.24) is 14.5 Å². The van der Waals surface area contributed by atoms with Gasteiger partial charge in [0.05, 0.1) is 19.7 Å². The topological polar surface area (TPSA) is 87.5 Å². The number of carbonyl (C=O) groups excluding carboxylic acids is 1. The number of fused-ring (bicyclic) bond motifs is 1. The first-order valence-electron chi connectivity index (χ1n) is 9.27. The van der Waals surface area contributed by atoms with E-state index in [1.165, 1.54) is 32.5 Å². The molecule has 31 heavy (non-hydrogen) atoms. The van der Waals surface area contributed by atoms with Gasteiger partial charge < -0.3 is 24.1 Å². The molecule has 0 saturated carbocycles. The third kappa shape index (κ3) is 3.97. The van der Waals surface area contributed by atoms with Crippen LogP contribution in [0.1, 0.15) is 10.6 Å². The van der Waals surface area contributed by atoms with Gasteiger partial charge >= 0.3 is 0 Å². The SMILES string of the molecule is COc1cc2nccc(Oc3ccc(NC(=O)c4nccn4C)cc3F)c2cc1OC. The quantitative estimate of drug-likeness (QED) is 0.502. The number of imidazole rings is 1. The maximum atomic E-state index is 14.7. The van der Waals surface area contributed by atoms with Crippen LogP contribution in [0.5, 0.6) is 23.0 Å². The molecule has 8 nitrogen and oxygen atoms in total. The molecule has 9 heteroatoms. The predicted molar refractivity (Wildman–Crippen MR) is 112 cm³/mol. The van der Waals surface area contributed by atoms with E-state index in [-0.39, 0.29) is 17.3 Å². The lowest BCUT2D eigenvalue weighted by molar-refractivity contribution is 0.101. The van der Waals surface area contributed by atoms with Gasteiger partial charge in [0.1, 0.15) is 5.75 Å². The molecule has 4 rings (SSSR count). The van der Waals surface area contributed by atoms with Crippen LogP contribution in [-0.4, -0.2) is 34.7 Å². The van der Waals surface area contributed by atoms with Crippen LogP contribution < -0.4 is 19.5 Å². The molecule has 0 radical (unpaired) electrons. The van der Waals surface area contributed by atoms with Crippen LogP contribution in [0.25, 0.3) is 10.9 Å². The number of hydrogen-bond donors (Lipinski definition) is 1. The Hall–Kier alpha value is -4.14. The van der Waals surface area contributed by atoms with E-state index in [1.807, 2.05) is 0 Å².